The maximum Gasteiger partial charge on any atom is 0.416 e. The first-order chi connectivity index (χ1) is 25.7. The number of phenols is 1. The van der Waals surface area contributed by atoms with Gasteiger partial charge in [-0.3, -0.25) is 9.59 Å². The van der Waals surface area contributed by atoms with Crippen molar-refractivity contribution in [1.29, 1.82) is 0 Å². The van der Waals surface area contributed by atoms with Gasteiger partial charge in [-0.2, -0.15) is 26.3 Å². The van der Waals surface area contributed by atoms with Crippen LogP contribution < -0.4 is 9.64 Å². The Kier molecular flexibility index (Phi) is 11.0. The van der Waals surface area contributed by atoms with Crippen LogP contribution in [0.25, 0.3) is 11.6 Å². The molecule has 4 aromatic rings. The number of aromatic hydroxyl groups is 1. The van der Waals surface area contributed by atoms with Crippen molar-refractivity contribution in [2.24, 2.45) is 17.8 Å². The molecule has 0 saturated carbocycles. The molecule has 0 aromatic heterocycles. The molecule has 0 radical (unpaired) electrons. The summed E-state index contributed by atoms with van der Waals surface area (Å²) in [5.74, 6) is -5.46. The summed E-state index contributed by atoms with van der Waals surface area (Å²) in [5, 5.41) is 32.5. The maximum atomic E-state index is 14.0. The number of anilines is 1. The summed E-state index contributed by atoms with van der Waals surface area (Å²) < 4.78 is 88.6. The second kappa shape index (κ2) is 15.5. The number of carbonyl (C=O) groups excluding carboxylic acids is 2. The lowest BCUT2D eigenvalue weighted by atomic mass is 9.68. The lowest BCUT2D eigenvalue weighted by molar-refractivity contribution is -0.143. The molecule has 282 valence electrons. The predicted octanol–water partition coefficient (Wildman–Crippen LogP) is 8.31. The van der Waals surface area contributed by atoms with Gasteiger partial charge in [-0.25, -0.2) is 4.90 Å². The highest BCUT2D eigenvalue weighted by Crippen LogP contribution is 2.49. The van der Waals surface area contributed by atoms with Crippen LogP contribution in [0.2, 0.25) is 0 Å². The quantitative estimate of drug-likeness (QED) is 0.0617. The predicted molar refractivity (Wildman–Crippen MR) is 188 cm³/mol. The lowest BCUT2D eigenvalue weighted by Crippen LogP contribution is -2.40. The van der Waals surface area contributed by atoms with Crippen LogP contribution in [-0.4, -0.2) is 46.5 Å². The summed E-state index contributed by atoms with van der Waals surface area (Å²) in [5.41, 5.74) is -1.27. The smallest absolute Gasteiger partial charge is 0.416 e. The highest BCUT2D eigenvalue weighted by molar-refractivity contribution is 6.22. The van der Waals surface area contributed by atoms with Crippen molar-refractivity contribution >= 4 is 29.2 Å². The Balaban J connectivity index is 1.37. The fraction of sp³-hybridized carbons (Fsp3) is 0.268. The van der Waals surface area contributed by atoms with E-state index in [0.717, 1.165) is 16.7 Å². The average molecular weight is 752 g/mol. The number of amides is 2. The zero-order chi connectivity index (χ0) is 38.8. The van der Waals surface area contributed by atoms with E-state index in [1.165, 1.54) is 12.1 Å². The summed E-state index contributed by atoms with van der Waals surface area (Å²) in [4.78, 5) is 28.3. The molecular formula is C41H35F6NO6. The first kappa shape index (κ1) is 38.3. The summed E-state index contributed by atoms with van der Waals surface area (Å²) in [7, 11) is 0. The SMILES string of the molecule is O=C1[C@@H]2[C@@H](CC(COc3ccccc3)=C([C@H](O)CC/C(=C/c3ccc(O)cc3)c3ccccc3)[C@@H]2CO)C(=O)N1c1cc(C(F)(F)F)cc(C(F)(F)F)c1. The number of hydrogen-bond donors (Lipinski definition) is 3. The van der Waals surface area contributed by atoms with Gasteiger partial charge in [0.05, 0.1) is 41.4 Å². The van der Waals surface area contributed by atoms with Crippen LogP contribution in [0.1, 0.15) is 41.5 Å². The number of alkyl halides is 6. The number of ether oxygens (including phenoxy) is 1. The van der Waals surface area contributed by atoms with Gasteiger partial charge >= 0.3 is 12.4 Å². The number of halogens is 6. The number of aliphatic hydroxyl groups is 2. The van der Waals surface area contributed by atoms with Gasteiger partial charge in [-0.1, -0.05) is 66.7 Å². The van der Waals surface area contributed by atoms with E-state index in [4.69, 9.17) is 4.74 Å². The molecule has 4 atom stereocenters. The molecule has 6 rings (SSSR count). The third kappa shape index (κ3) is 8.22. The molecule has 54 heavy (non-hydrogen) atoms. The molecule has 1 aliphatic carbocycles. The fourth-order valence-electron chi connectivity index (χ4n) is 7.27. The molecule has 7 nitrogen and oxygen atoms in total. The normalized spacial score (nSPS) is 20.0. The van der Waals surface area contributed by atoms with Crippen LogP contribution in [0.4, 0.5) is 32.0 Å². The number of imide groups is 1. The van der Waals surface area contributed by atoms with E-state index in [1.54, 1.807) is 42.5 Å². The van der Waals surface area contributed by atoms with Crippen molar-refractivity contribution in [2.45, 2.75) is 37.7 Å². The van der Waals surface area contributed by atoms with Crippen molar-refractivity contribution in [1.82, 2.24) is 0 Å². The molecule has 3 N–H and O–H groups in total. The molecule has 4 aromatic carbocycles. The zero-order valence-electron chi connectivity index (χ0n) is 28.5. The van der Waals surface area contributed by atoms with Gasteiger partial charge in [0.1, 0.15) is 18.1 Å². The molecule has 0 spiro atoms. The molecule has 2 aliphatic rings. The average Bonchev–Trinajstić information content (AvgIpc) is 3.40. The van der Waals surface area contributed by atoms with Crippen molar-refractivity contribution in [3.05, 3.63) is 137 Å². The van der Waals surface area contributed by atoms with E-state index in [9.17, 15) is 51.3 Å². The summed E-state index contributed by atoms with van der Waals surface area (Å²) in [6.07, 6.45) is -9.75. The molecule has 2 amide bonds. The van der Waals surface area contributed by atoms with Gasteiger partial charge in [0, 0.05) is 5.92 Å². The van der Waals surface area contributed by atoms with E-state index in [2.05, 4.69) is 0 Å². The molecule has 1 aliphatic heterocycles. The standard InChI is InChI=1S/C41H35F6NO6/c42-40(43,44)28-19-29(41(45,46)47)21-30(20-28)48-38(52)33-18-27(23-54-32-9-5-2-6-10-32)36(34(22-49)37(33)39(48)53)35(51)16-13-26(25-7-3-1-4-8-25)17-24-11-14-31(50)15-12-24/h1-12,14-15,17,19-21,33-35,37,49-51H,13,16,18,22-23H2/b26-17-/t33-,34+,35-,37-/m1/s1. The number of benzene rings is 4. The molecule has 13 heteroatoms. The van der Waals surface area contributed by atoms with Crippen molar-refractivity contribution in [3.63, 3.8) is 0 Å². The number of hydrogen-bond acceptors (Lipinski definition) is 6. The minimum Gasteiger partial charge on any atom is -0.508 e. The summed E-state index contributed by atoms with van der Waals surface area (Å²) in [6.45, 7) is -0.950. The van der Waals surface area contributed by atoms with Crippen molar-refractivity contribution < 1.29 is 56.0 Å². The highest BCUT2D eigenvalue weighted by Gasteiger charge is 2.56. The monoisotopic (exact) mass is 751 g/mol. The number of phenolic OH excluding ortho intramolecular Hbond substituents is 1. The second-order valence-electron chi connectivity index (χ2n) is 13.2. The zero-order valence-corrected chi connectivity index (χ0v) is 28.5. The van der Waals surface area contributed by atoms with Crippen molar-refractivity contribution in [3.8, 4) is 11.5 Å². The Hall–Kier alpha value is -5.40. The van der Waals surface area contributed by atoms with Crippen LogP contribution in [0, 0.1) is 17.8 Å². The Morgan fingerprint density at radius 1 is 0.833 bits per heavy atom. The van der Waals surface area contributed by atoms with Gasteiger partial charge in [0.2, 0.25) is 11.8 Å². The largest absolute Gasteiger partial charge is 0.508 e. The summed E-state index contributed by atoms with van der Waals surface area (Å²) >= 11 is 0. The highest BCUT2D eigenvalue weighted by atomic mass is 19.4. The van der Waals surface area contributed by atoms with E-state index < -0.39 is 71.4 Å². The Morgan fingerprint density at radius 3 is 2.00 bits per heavy atom. The first-order valence-corrected chi connectivity index (χ1v) is 17.1. The van der Waals surface area contributed by atoms with Gasteiger partial charge in [0.25, 0.3) is 0 Å². The molecule has 1 saturated heterocycles. The van der Waals surface area contributed by atoms with Crippen LogP contribution in [-0.2, 0) is 21.9 Å². The first-order valence-electron chi connectivity index (χ1n) is 17.1. The molecule has 1 heterocycles. The lowest BCUT2D eigenvalue weighted by Gasteiger charge is -2.36. The van der Waals surface area contributed by atoms with Gasteiger partial charge in [-0.15, -0.1) is 0 Å². The minimum atomic E-state index is -5.22. The van der Waals surface area contributed by atoms with Gasteiger partial charge in [0.15, 0.2) is 0 Å². The van der Waals surface area contributed by atoms with E-state index in [0.29, 0.717) is 28.4 Å². The molecule has 0 bridgehead atoms. The fourth-order valence-corrected chi connectivity index (χ4v) is 7.27. The van der Waals surface area contributed by atoms with Crippen LogP contribution in [0.5, 0.6) is 11.5 Å². The number of allylic oxidation sites excluding steroid dienone is 1. The number of para-hydroxylation sites is 1. The van der Waals surface area contributed by atoms with Crippen LogP contribution >= 0.6 is 0 Å². The maximum absolute atomic E-state index is 14.0. The summed E-state index contributed by atoms with van der Waals surface area (Å²) in [6, 6.07) is 24.9. The molecular weight excluding hydrogens is 716 g/mol. The van der Waals surface area contributed by atoms with E-state index in [-0.39, 0.29) is 43.3 Å². The third-order valence-electron chi connectivity index (χ3n) is 9.79. The minimum absolute atomic E-state index is 0.0608. The van der Waals surface area contributed by atoms with Crippen LogP contribution in [0.3, 0.4) is 0 Å². The third-order valence-corrected chi connectivity index (χ3v) is 9.79. The number of nitrogens with zero attached hydrogens (tertiary/aromatic N) is 1. The molecule has 0 unspecified atom stereocenters. The second-order valence-corrected chi connectivity index (χ2v) is 13.2. The topological polar surface area (TPSA) is 107 Å². The van der Waals surface area contributed by atoms with Crippen molar-refractivity contribution in [2.75, 3.05) is 18.1 Å². The Morgan fingerprint density at radius 2 is 1.43 bits per heavy atom. The molecule has 1 fully saturated rings. The van der Waals surface area contributed by atoms with Gasteiger partial charge < -0.3 is 20.1 Å². The number of carbonyl (C=O) groups is 2. The number of aliphatic hydroxyl groups excluding tert-OH is 2. The Bertz CT molecular complexity index is 2010. The van der Waals surface area contributed by atoms with E-state index in [1.807, 2.05) is 36.4 Å². The number of rotatable bonds is 11. The number of fused-ring (bicyclic) bond motifs is 1. The Labute approximate surface area is 306 Å². The van der Waals surface area contributed by atoms with E-state index >= 15 is 0 Å². The van der Waals surface area contributed by atoms with Crippen LogP contribution in [0.15, 0.2) is 114 Å². The van der Waals surface area contributed by atoms with Gasteiger partial charge in [-0.05, 0) is 89.6 Å².